The van der Waals surface area contributed by atoms with E-state index in [2.05, 4.69) is 0 Å². The summed E-state index contributed by atoms with van der Waals surface area (Å²) in [6.07, 6.45) is 0. The summed E-state index contributed by atoms with van der Waals surface area (Å²) in [7, 11) is -2.26. The molecule has 1 aliphatic heterocycles. The predicted octanol–water partition coefficient (Wildman–Crippen LogP) is -0.761. The van der Waals surface area contributed by atoms with Gasteiger partial charge >= 0.3 is 0 Å². The number of nitrogen functional groups attached to an aromatic ring is 1. The number of anilines is 1. The number of nitrogens with zero attached hydrogens (tertiary/aromatic N) is 2. The second kappa shape index (κ2) is 5.88. The molecule has 1 aliphatic rings. The van der Waals surface area contributed by atoms with Crippen molar-refractivity contribution in [3.05, 3.63) is 23.8 Å². The number of carbonyl (C=O) groups is 1. The summed E-state index contributed by atoms with van der Waals surface area (Å²) in [5.74, 6) is 0.0876. The highest BCUT2D eigenvalue weighted by Crippen LogP contribution is 2.27. The Morgan fingerprint density at radius 1 is 1.24 bits per heavy atom. The highest BCUT2D eigenvalue weighted by molar-refractivity contribution is 7.86. The lowest BCUT2D eigenvalue weighted by atomic mass is 10.1. The summed E-state index contributed by atoms with van der Waals surface area (Å²) in [6.45, 7) is 0.894. The minimum absolute atomic E-state index is 0.176. The van der Waals surface area contributed by atoms with Crippen LogP contribution in [0.25, 0.3) is 0 Å². The summed E-state index contributed by atoms with van der Waals surface area (Å²) >= 11 is 0. The first kappa shape index (κ1) is 15.5. The van der Waals surface area contributed by atoms with Crippen LogP contribution >= 0.6 is 0 Å². The molecule has 9 heteroatoms. The Kier molecular flexibility index (Phi) is 4.35. The van der Waals surface area contributed by atoms with Crippen LogP contribution in [-0.2, 0) is 10.2 Å². The van der Waals surface area contributed by atoms with Crippen molar-refractivity contribution in [1.82, 2.24) is 9.21 Å². The molecule has 116 valence electrons. The van der Waals surface area contributed by atoms with Gasteiger partial charge in [0.05, 0.1) is 18.4 Å². The molecule has 0 aliphatic carbocycles. The zero-order valence-electron chi connectivity index (χ0n) is 11.7. The Morgan fingerprint density at radius 3 is 2.38 bits per heavy atom. The minimum atomic E-state index is -3.71. The number of ether oxygens (including phenoxy) is 1. The molecule has 2 rings (SSSR count). The number of methoxy groups -OCH3 is 1. The number of para-hydroxylation sites is 1. The Hall–Kier alpha value is -1.84. The van der Waals surface area contributed by atoms with Crippen LogP contribution in [0.1, 0.15) is 10.4 Å². The van der Waals surface area contributed by atoms with E-state index in [1.165, 1.54) is 7.11 Å². The van der Waals surface area contributed by atoms with E-state index < -0.39 is 10.2 Å². The highest BCUT2D eigenvalue weighted by Gasteiger charge is 2.28. The second-order valence-electron chi connectivity index (χ2n) is 4.66. The van der Waals surface area contributed by atoms with Crippen LogP contribution in [0.4, 0.5) is 5.69 Å². The van der Waals surface area contributed by atoms with Gasteiger partial charge in [-0.1, -0.05) is 6.07 Å². The van der Waals surface area contributed by atoms with Crippen LogP contribution in [0.2, 0.25) is 0 Å². The largest absolute Gasteiger partial charge is 0.494 e. The fourth-order valence-electron chi connectivity index (χ4n) is 2.27. The molecule has 1 saturated heterocycles. The smallest absolute Gasteiger partial charge is 0.277 e. The summed E-state index contributed by atoms with van der Waals surface area (Å²) in [5, 5.41) is 5.07. The number of carbonyl (C=O) groups excluding carboxylic acids is 1. The highest BCUT2D eigenvalue weighted by atomic mass is 32.2. The van der Waals surface area contributed by atoms with Gasteiger partial charge in [-0.25, -0.2) is 5.14 Å². The van der Waals surface area contributed by atoms with Gasteiger partial charge < -0.3 is 15.4 Å². The van der Waals surface area contributed by atoms with Gasteiger partial charge in [-0.2, -0.15) is 12.7 Å². The average molecular weight is 314 g/mol. The maximum absolute atomic E-state index is 12.5. The first-order valence-corrected chi connectivity index (χ1v) is 7.84. The van der Waals surface area contributed by atoms with Crippen LogP contribution < -0.4 is 15.6 Å². The molecule has 0 bridgehead atoms. The van der Waals surface area contributed by atoms with Crippen molar-refractivity contribution in [2.24, 2.45) is 5.14 Å². The summed E-state index contributed by atoms with van der Waals surface area (Å²) in [6, 6.07) is 4.95. The summed E-state index contributed by atoms with van der Waals surface area (Å²) in [4.78, 5) is 14.0. The first-order valence-electron chi connectivity index (χ1n) is 6.34. The van der Waals surface area contributed by atoms with Crippen molar-refractivity contribution >= 4 is 21.8 Å². The number of hydrogen-bond acceptors (Lipinski definition) is 5. The minimum Gasteiger partial charge on any atom is -0.494 e. The van der Waals surface area contributed by atoms with Crippen molar-refractivity contribution in [3.8, 4) is 5.75 Å². The molecule has 0 aromatic heterocycles. The molecule has 0 spiro atoms. The SMILES string of the molecule is COc1c(N)cccc1C(=O)N1CCN(S(N)(=O)=O)CC1. The molecule has 1 aromatic rings. The van der Waals surface area contributed by atoms with E-state index in [4.69, 9.17) is 15.6 Å². The maximum atomic E-state index is 12.5. The Balaban J connectivity index is 2.15. The topological polar surface area (TPSA) is 119 Å². The van der Waals surface area contributed by atoms with E-state index in [0.29, 0.717) is 17.0 Å². The number of hydrogen-bond donors (Lipinski definition) is 2. The third-order valence-electron chi connectivity index (χ3n) is 3.37. The number of rotatable bonds is 3. The van der Waals surface area contributed by atoms with Crippen LogP contribution in [-0.4, -0.2) is 56.8 Å². The van der Waals surface area contributed by atoms with Gasteiger partial charge in [-0.15, -0.1) is 0 Å². The maximum Gasteiger partial charge on any atom is 0.277 e. The third kappa shape index (κ3) is 3.26. The van der Waals surface area contributed by atoms with Gasteiger partial charge in [-0.05, 0) is 12.1 Å². The van der Waals surface area contributed by atoms with Crippen molar-refractivity contribution < 1.29 is 17.9 Å². The third-order valence-corrected chi connectivity index (χ3v) is 4.45. The van der Waals surface area contributed by atoms with Crippen molar-refractivity contribution in [2.75, 3.05) is 39.0 Å². The normalized spacial score (nSPS) is 16.8. The molecule has 0 unspecified atom stereocenters. The van der Waals surface area contributed by atoms with E-state index in [1.54, 1.807) is 23.1 Å². The van der Waals surface area contributed by atoms with Crippen LogP contribution in [0, 0.1) is 0 Å². The van der Waals surface area contributed by atoms with Crippen LogP contribution in [0.5, 0.6) is 5.75 Å². The fourth-order valence-corrected chi connectivity index (χ4v) is 2.94. The van der Waals surface area contributed by atoms with Crippen molar-refractivity contribution in [3.63, 3.8) is 0 Å². The molecule has 0 saturated carbocycles. The van der Waals surface area contributed by atoms with Gasteiger partial charge in [0.2, 0.25) is 0 Å². The molecular weight excluding hydrogens is 296 g/mol. The molecule has 0 radical (unpaired) electrons. The number of benzene rings is 1. The average Bonchev–Trinajstić information content (AvgIpc) is 2.45. The summed E-state index contributed by atoms with van der Waals surface area (Å²) in [5.41, 5.74) is 6.52. The zero-order chi connectivity index (χ0) is 15.6. The Morgan fingerprint density at radius 2 is 1.86 bits per heavy atom. The van der Waals surface area contributed by atoms with E-state index in [9.17, 15) is 13.2 Å². The lowest BCUT2D eigenvalue weighted by Crippen LogP contribution is -2.52. The van der Waals surface area contributed by atoms with Gasteiger partial charge in [-0.3, -0.25) is 4.79 Å². The van der Waals surface area contributed by atoms with Crippen LogP contribution in [0.15, 0.2) is 18.2 Å². The van der Waals surface area contributed by atoms with Gasteiger partial charge in [0.15, 0.2) is 5.75 Å². The molecule has 0 atom stereocenters. The Bertz CT molecular complexity index is 639. The van der Waals surface area contributed by atoms with Crippen molar-refractivity contribution in [2.45, 2.75) is 0 Å². The second-order valence-corrected chi connectivity index (χ2v) is 6.21. The van der Waals surface area contributed by atoms with Gasteiger partial charge in [0, 0.05) is 26.2 Å². The van der Waals surface area contributed by atoms with Crippen LogP contribution in [0.3, 0.4) is 0 Å². The number of nitrogens with two attached hydrogens (primary N) is 2. The lowest BCUT2D eigenvalue weighted by Gasteiger charge is -2.33. The molecule has 1 heterocycles. The van der Waals surface area contributed by atoms with E-state index in [0.717, 1.165) is 4.31 Å². The van der Waals surface area contributed by atoms with E-state index >= 15 is 0 Å². The van der Waals surface area contributed by atoms with Crippen molar-refractivity contribution in [1.29, 1.82) is 0 Å². The predicted molar refractivity (Wildman–Crippen MR) is 78.0 cm³/mol. The molecular formula is C12H18N4O4S. The molecule has 1 fully saturated rings. The zero-order valence-corrected chi connectivity index (χ0v) is 12.5. The van der Waals surface area contributed by atoms with E-state index in [-0.39, 0.29) is 32.1 Å². The quantitative estimate of drug-likeness (QED) is 0.711. The fraction of sp³-hybridized carbons (Fsp3) is 0.417. The monoisotopic (exact) mass is 314 g/mol. The molecule has 1 amide bonds. The number of amides is 1. The summed E-state index contributed by atoms with van der Waals surface area (Å²) < 4.78 is 28.8. The molecule has 8 nitrogen and oxygen atoms in total. The van der Waals surface area contributed by atoms with E-state index in [1.807, 2.05) is 0 Å². The molecule has 1 aromatic carbocycles. The number of piperazine rings is 1. The molecule has 21 heavy (non-hydrogen) atoms. The molecule has 4 N–H and O–H groups in total. The van der Waals surface area contributed by atoms with Gasteiger partial charge in [0.1, 0.15) is 0 Å². The lowest BCUT2D eigenvalue weighted by molar-refractivity contribution is 0.0694. The Labute approximate surface area is 123 Å². The first-order chi connectivity index (χ1) is 9.84. The standard InChI is InChI=1S/C12H18N4O4S/c1-20-11-9(3-2-4-10(11)13)12(17)15-5-7-16(8-6-15)21(14,18)19/h2-4H,5-8,13H2,1H3,(H2,14,18,19). The van der Waals surface area contributed by atoms with Gasteiger partial charge in [0.25, 0.3) is 16.1 Å².